The van der Waals surface area contributed by atoms with Gasteiger partial charge in [0.2, 0.25) is 0 Å². The topological polar surface area (TPSA) is 0 Å². The summed E-state index contributed by atoms with van der Waals surface area (Å²) in [5.74, 6) is 3.39. The standard InChI is InChI=1S/C14H26/c1-2-3-6-12-9-10-14(11-12)13-7-4-5-8-13/h12-14H,2-11H2,1H3. The summed E-state index contributed by atoms with van der Waals surface area (Å²) in [6.07, 6.45) is 15.3. The molecule has 0 spiro atoms. The van der Waals surface area contributed by atoms with E-state index in [1.807, 2.05) is 0 Å². The molecule has 2 aliphatic rings. The Morgan fingerprint density at radius 3 is 2.43 bits per heavy atom. The minimum absolute atomic E-state index is 1.11. The van der Waals surface area contributed by atoms with Gasteiger partial charge in [0.05, 0.1) is 0 Å². The monoisotopic (exact) mass is 194 g/mol. The lowest BCUT2D eigenvalue weighted by Crippen LogP contribution is -2.07. The van der Waals surface area contributed by atoms with Crippen LogP contribution in [0, 0.1) is 17.8 Å². The summed E-state index contributed by atoms with van der Waals surface area (Å²) in [5, 5.41) is 0. The van der Waals surface area contributed by atoms with Crippen LogP contribution in [0.4, 0.5) is 0 Å². The third kappa shape index (κ3) is 2.52. The van der Waals surface area contributed by atoms with Crippen LogP contribution in [0.25, 0.3) is 0 Å². The Morgan fingerprint density at radius 2 is 1.71 bits per heavy atom. The van der Waals surface area contributed by atoms with E-state index in [1.54, 1.807) is 32.1 Å². The maximum absolute atomic E-state index is 2.32. The SMILES string of the molecule is CCCCC1CCC(C2CCCC2)C1. The third-order valence-corrected chi connectivity index (χ3v) is 4.61. The normalized spacial score (nSPS) is 34.1. The summed E-state index contributed by atoms with van der Waals surface area (Å²) >= 11 is 0. The molecule has 82 valence electrons. The third-order valence-electron chi connectivity index (χ3n) is 4.61. The van der Waals surface area contributed by atoms with Gasteiger partial charge in [-0.3, -0.25) is 0 Å². The molecule has 2 rings (SSSR count). The van der Waals surface area contributed by atoms with Crippen LogP contribution in [0.3, 0.4) is 0 Å². The van der Waals surface area contributed by atoms with Crippen LogP contribution in [0.5, 0.6) is 0 Å². The number of hydrogen-bond acceptors (Lipinski definition) is 0. The fourth-order valence-corrected chi connectivity index (χ4v) is 3.73. The summed E-state index contributed by atoms with van der Waals surface area (Å²) in [6.45, 7) is 2.32. The van der Waals surface area contributed by atoms with Crippen molar-refractivity contribution in [2.75, 3.05) is 0 Å². The van der Waals surface area contributed by atoms with Gasteiger partial charge in [-0.05, 0) is 30.6 Å². The van der Waals surface area contributed by atoms with Crippen LogP contribution in [-0.4, -0.2) is 0 Å². The van der Waals surface area contributed by atoms with E-state index in [0.29, 0.717) is 0 Å². The Hall–Kier alpha value is 0. The molecule has 2 saturated carbocycles. The van der Waals surface area contributed by atoms with Crippen LogP contribution in [0.2, 0.25) is 0 Å². The van der Waals surface area contributed by atoms with Crippen molar-refractivity contribution in [2.24, 2.45) is 17.8 Å². The van der Waals surface area contributed by atoms with Crippen molar-refractivity contribution in [3.63, 3.8) is 0 Å². The van der Waals surface area contributed by atoms with E-state index in [0.717, 1.165) is 17.8 Å². The molecule has 0 amide bonds. The first-order valence-electron chi connectivity index (χ1n) is 6.90. The second kappa shape index (κ2) is 5.19. The van der Waals surface area contributed by atoms with Crippen LogP contribution < -0.4 is 0 Å². The van der Waals surface area contributed by atoms with Crippen molar-refractivity contribution < 1.29 is 0 Å². The van der Waals surface area contributed by atoms with Crippen molar-refractivity contribution in [3.8, 4) is 0 Å². The van der Waals surface area contributed by atoms with Gasteiger partial charge in [-0.1, -0.05) is 58.3 Å². The maximum Gasteiger partial charge on any atom is -0.0383 e. The Morgan fingerprint density at radius 1 is 0.929 bits per heavy atom. The molecule has 0 nitrogen and oxygen atoms in total. The summed E-state index contributed by atoms with van der Waals surface area (Å²) in [7, 11) is 0. The molecule has 0 aromatic rings. The van der Waals surface area contributed by atoms with Crippen LogP contribution in [0.15, 0.2) is 0 Å². The fraction of sp³-hybridized carbons (Fsp3) is 1.00. The van der Waals surface area contributed by atoms with Crippen molar-refractivity contribution in [1.82, 2.24) is 0 Å². The largest absolute Gasteiger partial charge is 0.0654 e. The highest BCUT2D eigenvalue weighted by atomic mass is 14.4. The Balaban J connectivity index is 1.71. The molecule has 0 aliphatic heterocycles. The van der Waals surface area contributed by atoms with Crippen LogP contribution in [0.1, 0.15) is 71.1 Å². The van der Waals surface area contributed by atoms with E-state index in [-0.39, 0.29) is 0 Å². The molecule has 0 aromatic heterocycles. The summed E-state index contributed by atoms with van der Waals surface area (Å²) in [6, 6.07) is 0. The van der Waals surface area contributed by atoms with Gasteiger partial charge in [-0.2, -0.15) is 0 Å². The van der Waals surface area contributed by atoms with E-state index in [1.165, 1.54) is 32.1 Å². The minimum Gasteiger partial charge on any atom is -0.0654 e. The highest BCUT2D eigenvalue weighted by molar-refractivity contribution is 4.83. The molecular weight excluding hydrogens is 168 g/mol. The van der Waals surface area contributed by atoms with E-state index in [9.17, 15) is 0 Å². The smallest absolute Gasteiger partial charge is 0.0383 e. The molecule has 14 heavy (non-hydrogen) atoms. The van der Waals surface area contributed by atoms with Gasteiger partial charge in [0.1, 0.15) is 0 Å². The number of hydrogen-bond donors (Lipinski definition) is 0. The molecule has 0 heterocycles. The van der Waals surface area contributed by atoms with Gasteiger partial charge >= 0.3 is 0 Å². The molecule has 0 saturated heterocycles. The van der Waals surface area contributed by atoms with Gasteiger partial charge in [-0.15, -0.1) is 0 Å². The van der Waals surface area contributed by atoms with E-state index in [2.05, 4.69) is 6.92 Å². The highest BCUT2D eigenvalue weighted by Gasteiger charge is 2.31. The molecule has 2 atom stereocenters. The van der Waals surface area contributed by atoms with Crippen LogP contribution >= 0.6 is 0 Å². The van der Waals surface area contributed by atoms with Gasteiger partial charge in [-0.25, -0.2) is 0 Å². The zero-order valence-electron chi connectivity index (χ0n) is 9.80. The molecule has 0 heteroatoms. The zero-order valence-corrected chi connectivity index (χ0v) is 9.80. The van der Waals surface area contributed by atoms with Crippen LogP contribution in [-0.2, 0) is 0 Å². The van der Waals surface area contributed by atoms with E-state index in [4.69, 9.17) is 0 Å². The van der Waals surface area contributed by atoms with E-state index >= 15 is 0 Å². The quantitative estimate of drug-likeness (QED) is 0.604. The van der Waals surface area contributed by atoms with Crippen molar-refractivity contribution in [2.45, 2.75) is 71.1 Å². The van der Waals surface area contributed by atoms with Crippen molar-refractivity contribution in [3.05, 3.63) is 0 Å². The highest BCUT2D eigenvalue weighted by Crippen LogP contribution is 2.43. The van der Waals surface area contributed by atoms with Gasteiger partial charge < -0.3 is 0 Å². The average Bonchev–Trinajstić information content (AvgIpc) is 2.85. The van der Waals surface area contributed by atoms with Crippen molar-refractivity contribution >= 4 is 0 Å². The lowest BCUT2D eigenvalue weighted by molar-refractivity contribution is 0.330. The Labute approximate surface area is 89.5 Å². The fourth-order valence-electron chi connectivity index (χ4n) is 3.73. The van der Waals surface area contributed by atoms with Gasteiger partial charge in [0, 0.05) is 0 Å². The predicted molar refractivity (Wildman–Crippen MR) is 62.3 cm³/mol. The van der Waals surface area contributed by atoms with Gasteiger partial charge in [0.25, 0.3) is 0 Å². The predicted octanol–water partition coefficient (Wildman–Crippen LogP) is 4.78. The Kier molecular flexibility index (Phi) is 3.89. The number of unbranched alkanes of at least 4 members (excludes halogenated alkanes) is 1. The molecule has 0 aromatic carbocycles. The maximum atomic E-state index is 2.32. The first kappa shape index (κ1) is 10.5. The first-order chi connectivity index (χ1) is 6.90. The van der Waals surface area contributed by atoms with E-state index < -0.39 is 0 Å². The van der Waals surface area contributed by atoms with Crippen molar-refractivity contribution in [1.29, 1.82) is 0 Å². The molecular formula is C14H26. The summed E-state index contributed by atoms with van der Waals surface area (Å²) in [4.78, 5) is 0. The zero-order chi connectivity index (χ0) is 9.80. The molecule has 2 fully saturated rings. The molecule has 0 N–H and O–H groups in total. The average molecular weight is 194 g/mol. The second-order valence-electron chi connectivity index (χ2n) is 5.63. The number of rotatable bonds is 4. The van der Waals surface area contributed by atoms with Gasteiger partial charge in [0.15, 0.2) is 0 Å². The molecule has 2 aliphatic carbocycles. The lowest BCUT2D eigenvalue weighted by Gasteiger charge is -2.17. The molecule has 0 bridgehead atoms. The molecule has 2 unspecified atom stereocenters. The Bertz CT molecular complexity index is 155. The second-order valence-corrected chi connectivity index (χ2v) is 5.63. The first-order valence-corrected chi connectivity index (χ1v) is 6.90. The minimum atomic E-state index is 1.11. The molecule has 0 radical (unpaired) electrons. The summed E-state index contributed by atoms with van der Waals surface area (Å²) in [5.41, 5.74) is 0. The lowest BCUT2D eigenvalue weighted by atomic mass is 9.88. The summed E-state index contributed by atoms with van der Waals surface area (Å²) < 4.78 is 0.